The maximum atomic E-state index is 12.6. The number of likely N-dealkylation sites (N-methyl/N-ethyl adjacent to an activating group) is 1. The fraction of sp³-hybridized carbons (Fsp3) is 0.562. The van der Waals surface area contributed by atoms with Crippen LogP contribution in [0.25, 0.3) is 0 Å². The summed E-state index contributed by atoms with van der Waals surface area (Å²) < 4.78 is 24.8. The van der Waals surface area contributed by atoms with Crippen molar-refractivity contribution < 1.29 is 13.2 Å². The van der Waals surface area contributed by atoms with Crippen LogP contribution in [0.2, 0.25) is 0 Å². The summed E-state index contributed by atoms with van der Waals surface area (Å²) >= 11 is 0. The zero-order chi connectivity index (χ0) is 16.3. The van der Waals surface area contributed by atoms with Crippen molar-refractivity contribution in [3.63, 3.8) is 0 Å². The molecular weight excluding hydrogens is 300 g/mol. The van der Waals surface area contributed by atoms with Gasteiger partial charge in [0.05, 0.1) is 18.3 Å². The molecule has 6 heteroatoms. The van der Waals surface area contributed by atoms with Gasteiger partial charge >= 0.3 is 0 Å². The van der Waals surface area contributed by atoms with Crippen LogP contribution in [0.3, 0.4) is 0 Å². The first-order chi connectivity index (χ1) is 10.4. The largest absolute Gasteiger partial charge is 0.334 e. The average molecular weight is 324 g/mol. The molecule has 0 unspecified atom stereocenters. The molecule has 1 aromatic rings. The summed E-state index contributed by atoms with van der Waals surface area (Å²) in [5.41, 5.74) is 2.47. The molecule has 1 aliphatic heterocycles. The van der Waals surface area contributed by atoms with E-state index < -0.39 is 10.0 Å². The topological polar surface area (TPSA) is 57.7 Å². The molecule has 0 aliphatic carbocycles. The van der Waals surface area contributed by atoms with Gasteiger partial charge < -0.3 is 4.90 Å². The number of benzene rings is 1. The Balaban J connectivity index is 2.17. The van der Waals surface area contributed by atoms with Crippen molar-refractivity contribution in [2.75, 3.05) is 25.9 Å². The van der Waals surface area contributed by atoms with Crippen LogP contribution in [0.5, 0.6) is 0 Å². The van der Waals surface area contributed by atoms with Gasteiger partial charge in [-0.3, -0.25) is 4.79 Å². The highest BCUT2D eigenvalue weighted by Gasteiger charge is 2.31. The second-order valence-corrected chi connectivity index (χ2v) is 7.98. The third-order valence-electron chi connectivity index (χ3n) is 4.32. The standard InChI is InChI=1S/C16H24N2O3S/c1-4-15-14-9-7-6-8-13(14)10-11-18(15)16(19)12-17(3)22(20,21)5-2/h6-9,15H,4-5,10-12H2,1-3H3/t15-/m0/s1. The van der Waals surface area contributed by atoms with Gasteiger partial charge in [-0.2, -0.15) is 4.31 Å². The van der Waals surface area contributed by atoms with E-state index in [1.165, 1.54) is 18.2 Å². The number of sulfonamides is 1. The van der Waals surface area contributed by atoms with Crippen molar-refractivity contribution in [2.24, 2.45) is 0 Å². The fourth-order valence-corrected chi connectivity index (χ4v) is 3.74. The van der Waals surface area contributed by atoms with E-state index in [1.54, 1.807) is 6.92 Å². The fourth-order valence-electron chi connectivity index (χ4n) is 2.99. The summed E-state index contributed by atoms with van der Waals surface area (Å²) in [4.78, 5) is 14.4. The SMILES string of the molecule is CC[C@H]1c2ccccc2CCN1C(=O)CN(C)S(=O)(=O)CC. The molecule has 1 aliphatic rings. The van der Waals surface area contributed by atoms with Gasteiger partial charge in [-0.05, 0) is 30.9 Å². The Kier molecular flexibility index (Phi) is 5.24. The van der Waals surface area contributed by atoms with Crippen LogP contribution < -0.4 is 0 Å². The molecule has 122 valence electrons. The second kappa shape index (κ2) is 6.79. The summed E-state index contributed by atoms with van der Waals surface area (Å²) in [7, 11) is -1.86. The van der Waals surface area contributed by atoms with E-state index >= 15 is 0 Å². The number of rotatable bonds is 5. The first-order valence-corrected chi connectivity index (χ1v) is 9.32. The number of carbonyl (C=O) groups is 1. The number of nitrogens with zero attached hydrogens (tertiary/aromatic N) is 2. The van der Waals surface area contributed by atoms with Crippen molar-refractivity contribution in [1.29, 1.82) is 0 Å². The summed E-state index contributed by atoms with van der Waals surface area (Å²) in [6.07, 6.45) is 1.65. The number of carbonyl (C=O) groups excluding carboxylic acids is 1. The van der Waals surface area contributed by atoms with Crippen LogP contribution in [-0.4, -0.2) is 49.4 Å². The van der Waals surface area contributed by atoms with Crippen LogP contribution in [-0.2, 0) is 21.2 Å². The Morgan fingerprint density at radius 3 is 2.64 bits per heavy atom. The lowest BCUT2D eigenvalue weighted by atomic mass is 9.91. The zero-order valence-corrected chi connectivity index (χ0v) is 14.3. The molecule has 1 aromatic carbocycles. The van der Waals surface area contributed by atoms with Crippen molar-refractivity contribution in [1.82, 2.24) is 9.21 Å². The van der Waals surface area contributed by atoms with Crippen molar-refractivity contribution >= 4 is 15.9 Å². The molecule has 0 saturated heterocycles. The third kappa shape index (κ3) is 3.33. The van der Waals surface area contributed by atoms with E-state index in [2.05, 4.69) is 19.1 Å². The molecule has 0 bridgehead atoms. The lowest BCUT2D eigenvalue weighted by Crippen LogP contribution is -2.45. The predicted molar refractivity (Wildman–Crippen MR) is 87.0 cm³/mol. The molecule has 0 saturated carbocycles. The molecular formula is C16H24N2O3S. The molecule has 22 heavy (non-hydrogen) atoms. The summed E-state index contributed by atoms with van der Waals surface area (Å²) in [5.74, 6) is -0.113. The minimum Gasteiger partial charge on any atom is -0.334 e. The monoisotopic (exact) mass is 324 g/mol. The molecule has 0 fully saturated rings. The van der Waals surface area contributed by atoms with Gasteiger partial charge in [-0.1, -0.05) is 31.2 Å². The van der Waals surface area contributed by atoms with Gasteiger partial charge in [0.2, 0.25) is 15.9 Å². The predicted octanol–water partition coefficient (Wildman–Crippen LogP) is 1.80. The third-order valence-corrected chi connectivity index (χ3v) is 6.13. The van der Waals surface area contributed by atoms with Crippen LogP contribution in [0.1, 0.15) is 37.4 Å². The number of hydrogen-bond donors (Lipinski definition) is 0. The lowest BCUT2D eigenvalue weighted by Gasteiger charge is -2.37. The van der Waals surface area contributed by atoms with Gasteiger partial charge in [-0.25, -0.2) is 8.42 Å². The Morgan fingerprint density at radius 2 is 2.00 bits per heavy atom. The van der Waals surface area contributed by atoms with Gasteiger partial charge in [-0.15, -0.1) is 0 Å². The molecule has 0 radical (unpaired) electrons. The summed E-state index contributed by atoms with van der Waals surface area (Å²) in [5, 5.41) is 0. The van der Waals surface area contributed by atoms with E-state index in [4.69, 9.17) is 0 Å². The normalized spacial score (nSPS) is 18.4. The Bertz CT molecular complexity index is 643. The number of fused-ring (bicyclic) bond motifs is 1. The van der Waals surface area contributed by atoms with Gasteiger partial charge in [0, 0.05) is 13.6 Å². The van der Waals surface area contributed by atoms with Crippen LogP contribution >= 0.6 is 0 Å². The molecule has 0 aromatic heterocycles. The van der Waals surface area contributed by atoms with Crippen LogP contribution in [0.15, 0.2) is 24.3 Å². The van der Waals surface area contributed by atoms with Crippen molar-refractivity contribution in [3.05, 3.63) is 35.4 Å². The average Bonchev–Trinajstić information content (AvgIpc) is 2.53. The summed E-state index contributed by atoms with van der Waals surface area (Å²) in [6, 6.07) is 8.21. The first-order valence-electron chi connectivity index (χ1n) is 7.72. The molecule has 1 amide bonds. The molecule has 1 heterocycles. The Labute approximate surface area is 133 Å². The van der Waals surface area contributed by atoms with E-state index in [0.29, 0.717) is 6.54 Å². The second-order valence-electron chi connectivity index (χ2n) is 5.62. The highest BCUT2D eigenvalue weighted by atomic mass is 32.2. The van der Waals surface area contributed by atoms with Crippen LogP contribution in [0, 0.1) is 0 Å². The van der Waals surface area contributed by atoms with Crippen molar-refractivity contribution in [2.45, 2.75) is 32.7 Å². The summed E-state index contributed by atoms with van der Waals surface area (Å²) in [6.45, 7) is 4.20. The number of hydrogen-bond acceptors (Lipinski definition) is 3. The van der Waals surface area contributed by atoms with E-state index in [0.717, 1.165) is 17.1 Å². The smallest absolute Gasteiger partial charge is 0.238 e. The Hall–Kier alpha value is -1.40. The van der Waals surface area contributed by atoms with E-state index in [9.17, 15) is 13.2 Å². The molecule has 1 atom stereocenters. The molecule has 0 spiro atoms. The van der Waals surface area contributed by atoms with E-state index in [-0.39, 0.29) is 24.2 Å². The Morgan fingerprint density at radius 1 is 1.32 bits per heavy atom. The van der Waals surface area contributed by atoms with Gasteiger partial charge in [0.25, 0.3) is 0 Å². The lowest BCUT2D eigenvalue weighted by molar-refractivity contribution is -0.134. The quantitative estimate of drug-likeness (QED) is 0.830. The van der Waals surface area contributed by atoms with E-state index in [1.807, 2.05) is 17.0 Å². The maximum absolute atomic E-state index is 12.6. The van der Waals surface area contributed by atoms with Crippen LogP contribution in [0.4, 0.5) is 0 Å². The molecule has 5 nitrogen and oxygen atoms in total. The maximum Gasteiger partial charge on any atom is 0.238 e. The molecule has 0 N–H and O–H groups in total. The minimum atomic E-state index is -3.33. The van der Waals surface area contributed by atoms with Gasteiger partial charge in [0.15, 0.2) is 0 Å². The van der Waals surface area contributed by atoms with Crippen molar-refractivity contribution in [3.8, 4) is 0 Å². The highest BCUT2D eigenvalue weighted by Crippen LogP contribution is 2.32. The highest BCUT2D eigenvalue weighted by molar-refractivity contribution is 7.89. The molecule has 2 rings (SSSR count). The zero-order valence-electron chi connectivity index (χ0n) is 13.4. The minimum absolute atomic E-state index is 0.0107. The van der Waals surface area contributed by atoms with Gasteiger partial charge in [0.1, 0.15) is 0 Å². The number of amides is 1. The first kappa shape index (κ1) is 17.0.